The Morgan fingerprint density at radius 1 is 1.00 bits per heavy atom. The molecule has 1 aromatic carbocycles. The number of morpholine rings is 1. The zero-order valence-corrected chi connectivity index (χ0v) is 24.7. The summed E-state index contributed by atoms with van der Waals surface area (Å²) < 4.78 is 56.8. The first-order valence-corrected chi connectivity index (χ1v) is 15.7. The van der Waals surface area contributed by atoms with Crippen LogP contribution < -0.4 is 0 Å². The largest absolute Gasteiger partial charge is 0.416 e. The van der Waals surface area contributed by atoms with Crippen molar-refractivity contribution >= 4 is 5.91 Å². The molecule has 6 rings (SSSR count). The number of carbonyl (C=O) groups is 1. The number of hydrogen-bond acceptors (Lipinski definition) is 7. The van der Waals surface area contributed by atoms with Gasteiger partial charge in [-0.2, -0.15) is 13.2 Å². The Morgan fingerprint density at radius 2 is 1.79 bits per heavy atom. The number of piperidine rings is 1. The minimum absolute atomic E-state index is 0.0240. The van der Waals surface area contributed by atoms with Crippen LogP contribution in [0.4, 0.5) is 13.2 Å². The number of ether oxygens (including phenoxy) is 3. The Labute approximate surface area is 250 Å². The zero-order valence-electron chi connectivity index (χ0n) is 24.7. The molecule has 1 amide bonds. The van der Waals surface area contributed by atoms with Crippen molar-refractivity contribution in [2.75, 3.05) is 39.5 Å². The van der Waals surface area contributed by atoms with Crippen LogP contribution >= 0.6 is 0 Å². The van der Waals surface area contributed by atoms with Gasteiger partial charge in [-0.15, -0.1) is 0 Å². The van der Waals surface area contributed by atoms with Gasteiger partial charge in [-0.05, 0) is 76.0 Å². The highest BCUT2D eigenvalue weighted by molar-refractivity contribution is 5.93. The van der Waals surface area contributed by atoms with Crippen molar-refractivity contribution < 1.29 is 32.2 Å². The maximum absolute atomic E-state index is 13.6. The number of rotatable bonds is 6. The van der Waals surface area contributed by atoms with Gasteiger partial charge >= 0.3 is 6.18 Å². The lowest BCUT2D eigenvalue weighted by atomic mass is 9.94. The second kappa shape index (κ2) is 13.2. The van der Waals surface area contributed by atoms with E-state index < -0.39 is 11.7 Å². The van der Waals surface area contributed by atoms with Gasteiger partial charge in [0, 0.05) is 49.6 Å². The molecule has 11 heteroatoms. The monoisotopic (exact) mass is 602 g/mol. The van der Waals surface area contributed by atoms with Crippen molar-refractivity contribution in [1.29, 1.82) is 0 Å². The number of benzene rings is 1. The molecule has 0 bridgehead atoms. The van der Waals surface area contributed by atoms with E-state index in [1.54, 1.807) is 0 Å². The highest BCUT2D eigenvalue weighted by Gasteiger charge is 2.40. The van der Waals surface area contributed by atoms with E-state index >= 15 is 0 Å². The lowest BCUT2D eigenvalue weighted by molar-refractivity contribution is -0.148. The van der Waals surface area contributed by atoms with Crippen LogP contribution in [0, 0.1) is 6.92 Å². The molecule has 0 aliphatic carbocycles. The van der Waals surface area contributed by atoms with Gasteiger partial charge in [0.15, 0.2) is 0 Å². The third-order valence-electron chi connectivity index (χ3n) is 9.65. The molecule has 4 atom stereocenters. The Morgan fingerprint density at radius 3 is 2.56 bits per heavy atom. The first-order chi connectivity index (χ1) is 20.8. The summed E-state index contributed by atoms with van der Waals surface area (Å²) in [5, 5.41) is 0. The maximum Gasteiger partial charge on any atom is 0.416 e. The summed E-state index contributed by atoms with van der Waals surface area (Å²) in [5.41, 5.74) is 2.23. The molecule has 2 unspecified atom stereocenters. The summed E-state index contributed by atoms with van der Waals surface area (Å²) in [6, 6.07) is 6.14. The summed E-state index contributed by atoms with van der Waals surface area (Å²) in [7, 11) is 0. The van der Waals surface area contributed by atoms with Gasteiger partial charge in [-0.3, -0.25) is 9.69 Å². The van der Waals surface area contributed by atoms with E-state index in [4.69, 9.17) is 14.2 Å². The molecular weight excluding hydrogens is 561 g/mol. The number of amides is 1. The van der Waals surface area contributed by atoms with Gasteiger partial charge in [-0.1, -0.05) is 12.1 Å². The zero-order chi connectivity index (χ0) is 30.0. The van der Waals surface area contributed by atoms with Crippen LogP contribution in [-0.4, -0.2) is 89.4 Å². The summed E-state index contributed by atoms with van der Waals surface area (Å²) in [4.78, 5) is 27.0. The molecule has 234 valence electrons. The average Bonchev–Trinajstić information content (AvgIpc) is 3.03. The Kier molecular flexibility index (Phi) is 9.32. The topological polar surface area (TPSA) is 77.0 Å². The average molecular weight is 603 g/mol. The van der Waals surface area contributed by atoms with Crippen molar-refractivity contribution in [2.24, 2.45) is 0 Å². The van der Waals surface area contributed by atoms with Gasteiger partial charge in [-0.25, -0.2) is 9.97 Å². The summed E-state index contributed by atoms with van der Waals surface area (Å²) in [6.07, 6.45) is 3.89. The third-order valence-corrected chi connectivity index (χ3v) is 9.65. The number of likely N-dealkylation sites (tertiary alicyclic amines) is 1. The van der Waals surface area contributed by atoms with Crippen molar-refractivity contribution in [3.63, 3.8) is 0 Å². The van der Waals surface area contributed by atoms with E-state index in [9.17, 15) is 18.0 Å². The van der Waals surface area contributed by atoms with E-state index in [-0.39, 0.29) is 24.2 Å². The predicted octanol–water partition coefficient (Wildman–Crippen LogP) is 5.14. The molecule has 0 saturated carbocycles. The van der Waals surface area contributed by atoms with E-state index in [0.717, 1.165) is 93.7 Å². The van der Waals surface area contributed by atoms with Gasteiger partial charge < -0.3 is 19.1 Å². The number of fused-ring (bicyclic) bond motifs is 1. The minimum Gasteiger partial charge on any atom is -0.379 e. The van der Waals surface area contributed by atoms with Crippen LogP contribution in [0.25, 0.3) is 0 Å². The Bertz CT molecular complexity index is 1250. The molecule has 4 aliphatic rings. The molecule has 4 fully saturated rings. The first kappa shape index (κ1) is 30.4. The number of hydrogen-bond donors (Lipinski definition) is 0. The molecule has 5 heterocycles. The van der Waals surface area contributed by atoms with Crippen LogP contribution in [0.15, 0.2) is 30.6 Å². The lowest BCUT2D eigenvalue weighted by Crippen LogP contribution is -2.60. The minimum atomic E-state index is -4.35. The number of alkyl halides is 3. The van der Waals surface area contributed by atoms with E-state index in [1.165, 1.54) is 18.5 Å². The SMILES string of the molecule is Cc1c(CC[C@H]2CCC[C@@H](c3ccc(C(F)(F)F)cc3)O2)ncnc1C(=O)N1CCC(N2CCOC3COCCC32)CC1. The van der Waals surface area contributed by atoms with Crippen molar-refractivity contribution in [1.82, 2.24) is 19.8 Å². The molecule has 4 aliphatic heterocycles. The Hall–Kier alpha value is -2.60. The number of nitrogens with zero attached hydrogens (tertiary/aromatic N) is 4. The molecule has 8 nitrogen and oxygen atoms in total. The Balaban J connectivity index is 1.03. The highest BCUT2D eigenvalue weighted by Crippen LogP contribution is 2.35. The molecule has 2 aromatic rings. The summed E-state index contributed by atoms with van der Waals surface area (Å²) in [6.45, 7) is 6.43. The maximum atomic E-state index is 13.6. The predicted molar refractivity (Wildman–Crippen MR) is 153 cm³/mol. The van der Waals surface area contributed by atoms with Crippen LogP contribution in [0.3, 0.4) is 0 Å². The van der Waals surface area contributed by atoms with Crippen LogP contribution in [0.5, 0.6) is 0 Å². The van der Waals surface area contributed by atoms with E-state index in [2.05, 4.69) is 14.9 Å². The fourth-order valence-corrected chi connectivity index (χ4v) is 7.21. The number of aryl methyl sites for hydroxylation is 1. The van der Waals surface area contributed by atoms with Gasteiger partial charge in [0.05, 0.1) is 37.1 Å². The molecule has 1 aromatic heterocycles. The molecule has 0 radical (unpaired) electrons. The number of halogens is 3. The number of carbonyl (C=O) groups excluding carboxylic acids is 1. The molecule has 43 heavy (non-hydrogen) atoms. The molecule has 4 saturated heterocycles. The second-order valence-corrected chi connectivity index (χ2v) is 12.2. The van der Waals surface area contributed by atoms with Crippen molar-refractivity contribution in [3.05, 3.63) is 58.7 Å². The summed E-state index contributed by atoms with van der Waals surface area (Å²) in [5.74, 6) is -0.0400. The van der Waals surface area contributed by atoms with Crippen LogP contribution in [0.1, 0.15) is 83.9 Å². The van der Waals surface area contributed by atoms with Crippen molar-refractivity contribution in [3.8, 4) is 0 Å². The standard InChI is InChI=1S/C32H41F3N4O4/c1-21-26(10-9-25-3-2-4-28(43-25)22-5-7-23(8-6-22)32(33,34)35)36-20-37-30(21)31(40)38-14-11-24(12-15-38)39-16-18-42-29-19-41-17-13-27(29)39/h5-8,20,24-25,27-29H,2-4,9-19H2,1H3/t25-,27?,28+,29?/m1/s1. The first-order valence-electron chi connectivity index (χ1n) is 15.7. The fourth-order valence-electron chi connectivity index (χ4n) is 7.21. The quantitative estimate of drug-likeness (QED) is 0.453. The fraction of sp³-hybridized carbons (Fsp3) is 0.656. The van der Waals surface area contributed by atoms with E-state index in [0.29, 0.717) is 43.9 Å². The van der Waals surface area contributed by atoms with Gasteiger partial charge in [0.25, 0.3) is 5.91 Å². The van der Waals surface area contributed by atoms with Crippen LogP contribution in [-0.2, 0) is 26.8 Å². The normalized spacial score (nSPS) is 27.6. The molecule has 0 N–H and O–H groups in total. The smallest absolute Gasteiger partial charge is 0.379 e. The van der Waals surface area contributed by atoms with Gasteiger partial charge in [0.2, 0.25) is 0 Å². The lowest BCUT2D eigenvalue weighted by Gasteiger charge is -2.49. The third kappa shape index (κ3) is 6.90. The van der Waals surface area contributed by atoms with E-state index in [1.807, 2.05) is 11.8 Å². The summed E-state index contributed by atoms with van der Waals surface area (Å²) >= 11 is 0. The second-order valence-electron chi connectivity index (χ2n) is 12.2. The van der Waals surface area contributed by atoms with Gasteiger partial charge in [0.1, 0.15) is 12.0 Å². The molecule has 0 spiro atoms. The van der Waals surface area contributed by atoms with Crippen LogP contribution in [0.2, 0.25) is 0 Å². The highest BCUT2D eigenvalue weighted by atomic mass is 19.4. The number of aromatic nitrogens is 2. The molecular formula is C32H41F3N4O4. The van der Waals surface area contributed by atoms with Crippen molar-refractivity contribution in [2.45, 2.75) is 94.9 Å².